The third-order valence-corrected chi connectivity index (χ3v) is 4.94. The minimum Gasteiger partial charge on any atom is -0.324 e. The molecule has 0 spiro atoms. The van der Waals surface area contributed by atoms with Crippen LogP contribution < -0.4 is 5.32 Å². The van der Waals surface area contributed by atoms with Gasteiger partial charge in [-0.3, -0.25) is 9.69 Å². The number of carbonyl (C=O) groups excluding carboxylic acids is 1. The number of alkyl halides is 2. The van der Waals surface area contributed by atoms with Crippen LogP contribution in [0.15, 0.2) is 59.5 Å². The summed E-state index contributed by atoms with van der Waals surface area (Å²) in [6.07, 6.45) is 2.19. The van der Waals surface area contributed by atoms with E-state index in [-0.39, 0.29) is 11.9 Å². The molecule has 1 heterocycles. The molecule has 1 N–H and O–H groups in total. The van der Waals surface area contributed by atoms with Crippen molar-refractivity contribution < 1.29 is 13.6 Å². The molecule has 6 heteroatoms. The molecular weight excluding hydrogens is 342 g/mol. The summed E-state index contributed by atoms with van der Waals surface area (Å²) in [5, 5.41) is 2.92. The number of amides is 1. The zero-order valence-electron chi connectivity index (χ0n) is 13.7. The normalized spacial score (nSPS) is 16.1. The Morgan fingerprint density at radius 1 is 1.00 bits per heavy atom. The minimum absolute atomic E-state index is 0.0950. The van der Waals surface area contributed by atoms with Crippen LogP contribution in [-0.2, 0) is 4.79 Å². The van der Waals surface area contributed by atoms with E-state index < -0.39 is 5.76 Å². The van der Waals surface area contributed by atoms with Gasteiger partial charge in [0.2, 0.25) is 5.91 Å². The van der Waals surface area contributed by atoms with Crippen LogP contribution in [0.25, 0.3) is 0 Å². The Morgan fingerprint density at radius 2 is 1.64 bits per heavy atom. The first-order valence-electron chi connectivity index (χ1n) is 8.28. The highest BCUT2D eigenvalue weighted by Gasteiger charge is 2.29. The zero-order chi connectivity index (χ0) is 17.6. The summed E-state index contributed by atoms with van der Waals surface area (Å²) >= 11 is 0.495. The van der Waals surface area contributed by atoms with Crippen LogP contribution in [-0.4, -0.2) is 29.7 Å². The molecule has 0 aromatic heterocycles. The molecule has 3 rings (SSSR count). The number of benzene rings is 2. The molecule has 2 aromatic carbocycles. The maximum Gasteiger partial charge on any atom is 0.288 e. The second kappa shape index (κ2) is 8.45. The van der Waals surface area contributed by atoms with E-state index in [4.69, 9.17) is 0 Å². The summed E-state index contributed by atoms with van der Waals surface area (Å²) in [5.41, 5.74) is 1.58. The highest BCUT2D eigenvalue weighted by atomic mass is 32.2. The fourth-order valence-electron chi connectivity index (χ4n) is 3.09. The highest BCUT2D eigenvalue weighted by Crippen LogP contribution is 2.28. The maximum absolute atomic E-state index is 12.9. The van der Waals surface area contributed by atoms with Crippen LogP contribution in [0, 0.1) is 0 Å². The number of anilines is 1. The van der Waals surface area contributed by atoms with Crippen molar-refractivity contribution in [2.24, 2.45) is 0 Å². The lowest BCUT2D eigenvalue weighted by molar-refractivity contribution is -0.121. The van der Waals surface area contributed by atoms with E-state index >= 15 is 0 Å². The van der Waals surface area contributed by atoms with Crippen molar-refractivity contribution in [2.45, 2.75) is 29.5 Å². The van der Waals surface area contributed by atoms with Crippen molar-refractivity contribution in [2.75, 3.05) is 18.4 Å². The van der Waals surface area contributed by atoms with Gasteiger partial charge in [0.05, 0.1) is 0 Å². The quantitative estimate of drug-likeness (QED) is 0.751. The Labute approximate surface area is 150 Å². The summed E-state index contributed by atoms with van der Waals surface area (Å²) in [6, 6.07) is 15.9. The van der Waals surface area contributed by atoms with Crippen LogP contribution in [0.2, 0.25) is 0 Å². The summed E-state index contributed by atoms with van der Waals surface area (Å²) in [6.45, 7) is 1.80. The highest BCUT2D eigenvalue weighted by molar-refractivity contribution is 7.99. The molecule has 1 fully saturated rings. The first-order chi connectivity index (χ1) is 12.1. The Kier molecular flexibility index (Phi) is 6.04. The molecule has 0 aliphatic carbocycles. The lowest BCUT2D eigenvalue weighted by atomic mass is 10.0. The van der Waals surface area contributed by atoms with Crippen molar-refractivity contribution >= 4 is 23.4 Å². The predicted molar refractivity (Wildman–Crippen MR) is 96.9 cm³/mol. The van der Waals surface area contributed by atoms with Gasteiger partial charge in [-0.2, -0.15) is 8.78 Å². The topological polar surface area (TPSA) is 32.3 Å². The number of thioether (sulfide) groups is 1. The monoisotopic (exact) mass is 362 g/mol. The lowest BCUT2D eigenvalue weighted by Gasteiger charge is -2.27. The Bertz CT molecular complexity index is 688. The Morgan fingerprint density at radius 3 is 2.24 bits per heavy atom. The van der Waals surface area contributed by atoms with E-state index in [1.165, 1.54) is 0 Å². The van der Waals surface area contributed by atoms with Gasteiger partial charge in [-0.1, -0.05) is 42.1 Å². The standard InChI is InChI=1S/C19H20F2N2OS/c20-19(21)25-16-10-8-15(9-11-16)22-18(24)17(23-12-4-5-13-23)14-6-2-1-3-7-14/h1-3,6-11,17,19H,4-5,12-13H2,(H,22,24). The van der Waals surface area contributed by atoms with Gasteiger partial charge in [-0.25, -0.2) is 0 Å². The number of halogens is 2. The molecule has 1 aliphatic heterocycles. The fraction of sp³-hybridized carbons (Fsp3) is 0.316. The first-order valence-corrected chi connectivity index (χ1v) is 9.16. The molecular formula is C19H20F2N2OS. The molecule has 0 saturated carbocycles. The fourth-order valence-corrected chi connectivity index (χ4v) is 3.59. The minimum atomic E-state index is -2.45. The van der Waals surface area contributed by atoms with E-state index in [1.807, 2.05) is 30.3 Å². The summed E-state index contributed by atoms with van der Waals surface area (Å²) < 4.78 is 24.8. The zero-order valence-corrected chi connectivity index (χ0v) is 14.5. The van der Waals surface area contributed by atoms with Gasteiger partial charge in [0.15, 0.2) is 0 Å². The molecule has 1 saturated heterocycles. The number of hydrogen-bond acceptors (Lipinski definition) is 3. The number of rotatable bonds is 6. The number of nitrogens with zero attached hydrogens (tertiary/aromatic N) is 1. The molecule has 2 aromatic rings. The summed E-state index contributed by atoms with van der Waals surface area (Å²) in [7, 11) is 0. The molecule has 1 amide bonds. The molecule has 3 nitrogen and oxygen atoms in total. The molecule has 1 atom stereocenters. The predicted octanol–water partition coefficient (Wildman–Crippen LogP) is 4.78. The van der Waals surface area contributed by atoms with Gasteiger partial charge in [-0.15, -0.1) is 0 Å². The van der Waals surface area contributed by atoms with Crippen molar-refractivity contribution in [3.63, 3.8) is 0 Å². The Balaban J connectivity index is 1.74. The van der Waals surface area contributed by atoms with E-state index in [2.05, 4.69) is 10.2 Å². The molecule has 1 aliphatic rings. The van der Waals surface area contributed by atoms with Gasteiger partial charge in [0, 0.05) is 10.6 Å². The number of nitrogens with one attached hydrogen (secondary N) is 1. The maximum atomic E-state index is 12.9. The van der Waals surface area contributed by atoms with Crippen LogP contribution in [0.4, 0.5) is 14.5 Å². The largest absolute Gasteiger partial charge is 0.324 e. The summed E-state index contributed by atoms with van der Waals surface area (Å²) in [5.74, 6) is -2.54. The molecule has 25 heavy (non-hydrogen) atoms. The average molecular weight is 362 g/mol. The van der Waals surface area contributed by atoms with Gasteiger partial charge >= 0.3 is 0 Å². The van der Waals surface area contributed by atoms with Gasteiger partial charge in [0.1, 0.15) is 6.04 Å². The second-order valence-corrected chi connectivity index (χ2v) is 7.01. The SMILES string of the molecule is O=C(Nc1ccc(SC(F)F)cc1)C(c1ccccc1)N1CCCC1. The van der Waals surface area contributed by atoms with Crippen LogP contribution >= 0.6 is 11.8 Å². The first kappa shape index (κ1) is 17.9. The third kappa shape index (κ3) is 4.80. The van der Waals surface area contributed by atoms with Gasteiger partial charge in [0.25, 0.3) is 5.76 Å². The summed E-state index contributed by atoms with van der Waals surface area (Å²) in [4.78, 5) is 15.5. The molecule has 0 radical (unpaired) electrons. The Hall–Kier alpha value is -1.92. The van der Waals surface area contributed by atoms with Crippen LogP contribution in [0.3, 0.4) is 0 Å². The van der Waals surface area contributed by atoms with E-state index in [9.17, 15) is 13.6 Å². The average Bonchev–Trinajstić information content (AvgIpc) is 3.11. The van der Waals surface area contributed by atoms with E-state index in [0.717, 1.165) is 31.5 Å². The van der Waals surface area contributed by atoms with Crippen molar-refractivity contribution in [3.05, 3.63) is 60.2 Å². The van der Waals surface area contributed by atoms with Crippen LogP contribution in [0.5, 0.6) is 0 Å². The third-order valence-electron chi connectivity index (χ3n) is 4.22. The van der Waals surface area contributed by atoms with Gasteiger partial charge < -0.3 is 5.32 Å². The number of hydrogen-bond donors (Lipinski definition) is 1. The van der Waals surface area contributed by atoms with E-state index in [0.29, 0.717) is 22.3 Å². The van der Waals surface area contributed by atoms with Crippen LogP contribution in [0.1, 0.15) is 24.4 Å². The van der Waals surface area contributed by atoms with E-state index in [1.54, 1.807) is 24.3 Å². The lowest BCUT2D eigenvalue weighted by Crippen LogP contribution is -2.35. The van der Waals surface area contributed by atoms with Crippen molar-refractivity contribution in [1.82, 2.24) is 4.90 Å². The molecule has 0 bridgehead atoms. The van der Waals surface area contributed by atoms with Gasteiger partial charge in [-0.05, 0) is 55.8 Å². The smallest absolute Gasteiger partial charge is 0.288 e. The van der Waals surface area contributed by atoms with Crippen molar-refractivity contribution in [3.8, 4) is 0 Å². The number of carbonyl (C=O) groups is 1. The van der Waals surface area contributed by atoms with Crippen molar-refractivity contribution in [1.29, 1.82) is 0 Å². The molecule has 1 unspecified atom stereocenters. The number of likely N-dealkylation sites (tertiary alicyclic amines) is 1. The molecule has 132 valence electrons. The second-order valence-electron chi connectivity index (χ2n) is 5.95.